The Bertz CT molecular complexity index is 677. The van der Waals surface area contributed by atoms with Crippen LogP contribution >= 0.6 is 0 Å². The summed E-state index contributed by atoms with van der Waals surface area (Å²) in [6, 6.07) is 18.0. The summed E-state index contributed by atoms with van der Waals surface area (Å²) in [5.41, 5.74) is 2.06. The van der Waals surface area contributed by atoms with Gasteiger partial charge in [-0.25, -0.2) is 0 Å². The lowest BCUT2D eigenvalue weighted by Crippen LogP contribution is -2.38. The van der Waals surface area contributed by atoms with Crippen LogP contribution < -0.4 is 10.1 Å². The minimum atomic E-state index is -0.000219. The van der Waals surface area contributed by atoms with Crippen LogP contribution in [0.1, 0.15) is 35.7 Å². The molecule has 0 aromatic heterocycles. The molecule has 0 aliphatic carbocycles. The molecule has 0 bridgehead atoms. The molecule has 0 spiro atoms. The van der Waals surface area contributed by atoms with E-state index in [0.29, 0.717) is 18.1 Å². The molecular weight excluding hydrogens is 324 g/mol. The number of benzene rings is 2. The molecule has 1 saturated heterocycles. The number of ether oxygens (including phenoxy) is 1. The molecule has 4 nitrogen and oxygen atoms in total. The fraction of sp³-hybridized carbons (Fsp3) is 0.409. The molecule has 1 aliphatic heterocycles. The third-order valence-corrected chi connectivity index (χ3v) is 4.93. The van der Waals surface area contributed by atoms with Crippen LogP contribution in [0.4, 0.5) is 0 Å². The maximum Gasteiger partial charge on any atom is 0.251 e. The smallest absolute Gasteiger partial charge is 0.251 e. The van der Waals surface area contributed by atoms with Crippen molar-refractivity contribution in [2.75, 3.05) is 26.2 Å². The van der Waals surface area contributed by atoms with Crippen molar-refractivity contribution in [1.82, 2.24) is 10.2 Å². The van der Waals surface area contributed by atoms with Crippen molar-refractivity contribution in [3.63, 3.8) is 0 Å². The van der Waals surface area contributed by atoms with E-state index in [4.69, 9.17) is 4.74 Å². The van der Waals surface area contributed by atoms with Gasteiger partial charge in [0.15, 0.2) is 0 Å². The van der Waals surface area contributed by atoms with Crippen molar-refractivity contribution in [3.8, 4) is 5.75 Å². The van der Waals surface area contributed by atoms with Crippen LogP contribution in [0.25, 0.3) is 0 Å². The zero-order valence-corrected chi connectivity index (χ0v) is 15.5. The van der Waals surface area contributed by atoms with Crippen LogP contribution in [-0.2, 0) is 6.54 Å². The maximum atomic E-state index is 12.3. The Labute approximate surface area is 156 Å². The number of carbonyl (C=O) groups excluding carboxylic acids is 1. The first kappa shape index (κ1) is 18.5. The Morgan fingerprint density at radius 3 is 2.42 bits per heavy atom. The molecule has 138 valence electrons. The first-order valence-corrected chi connectivity index (χ1v) is 9.52. The van der Waals surface area contributed by atoms with E-state index in [1.807, 2.05) is 31.2 Å². The first-order chi connectivity index (χ1) is 12.7. The number of hydrogen-bond donors (Lipinski definition) is 1. The highest BCUT2D eigenvalue weighted by Gasteiger charge is 2.20. The lowest BCUT2D eigenvalue weighted by Gasteiger charge is -2.32. The minimum Gasteiger partial charge on any atom is -0.494 e. The predicted molar refractivity (Wildman–Crippen MR) is 104 cm³/mol. The summed E-state index contributed by atoms with van der Waals surface area (Å²) in [6.07, 6.45) is 2.27. The van der Waals surface area contributed by atoms with Gasteiger partial charge in [-0.15, -0.1) is 0 Å². The predicted octanol–water partition coefficient (Wildman–Crippen LogP) is 3.73. The topological polar surface area (TPSA) is 41.6 Å². The quantitative estimate of drug-likeness (QED) is 0.826. The molecule has 3 rings (SSSR count). The van der Waals surface area contributed by atoms with Crippen molar-refractivity contribution in [1.29, 1.82) is 0 Å². The number of piperidine rings is 1. The third kappa shape index (κ3) is 5.33. The molecule has 2 aromatic rings. The SMILES string of the molecule is CCOc1ccc(C(=O)NCC2CCN(Cc3ccccc3)CC2)cc1. The van der Waals surface area contributed by atoms with Crippen LogP contribution in [0.3, 0.4) is 0 Å². The van der Waals surface area contributed by atoms with E-state index in [9.17, 15) is 4.79 Å². The van der Waals surface area contributed by atoms with Crippen LogP contribution in [0, 0.1) is 5.92 Å². The standard InChI is InChI=1S/C22H28N2O2/c1-2-26-21-10-8-20(9-11-21)22(25)23-16-18-12-14-24(15-13-18)17-19-6-4-3-5-7-19/h3-11,18H,2,12-17H2,1H3,(H,23,25). The molecule has 0 radical (unpaired) electrons. The fourth-order valence-corrected chi connectivity index (χ4v) is 3.40. The van der Waals surface area contributed by atoms with E-state index in [2.05, 4.69) is 40.5 Å². The van der Waals surface area contributed by atoms with Gasteiger partial charge in [-0.2, -0.15) is 0 Å². The summed E-state index contributed by atoms with van der Waals surface area (Å²) >= 11 is 0. The molecule has 1 N–H and O–H groups in total. The van der Waals surface area contributed by atoms with E-state index < -0.39 is 0 Å². The molecule has 26 heavy (non-hydrogen) atoms. The lowest BCUT2D eigenvalue weighted by molar-refractivity contribution is 0.0935. The second kappa shape index (κ2) is 9.39. The third-order valence-electron chi connectivity index (χ3n) is 4.93. The van der Waals surface area contributed by atoms with E-state index in [-0.39, 0.29) is 5.91 Å². The molecule has 0 atom stereocenters. The zero-order chi connectivity index (χ0) is 18.2. The van der Waals surface area contributed by atoms with Crippen molar-refractivity contribution in [3.05, 3.63) is 65.7 Å². The number of nitrogens with one attached hydrogen (secondary N) is 1. The highest BCUT2D eigenvalue weighted by atomic mass is 16.5. The van der Waals surface area contributed by atoms with Crippen molar-refractivity contribution < 1.29 is 9.53 Å². The minimum absolute atomic E-state index is 0.000219. The first-order valence-electron chi connectivity index (χ1n) is 9.52. The van der Waals surface area contributed by atoms with E-state index in [1.165, 1.54) is 5.56 Å². The largest absolute Gasteiger partial charge is 0.494 e. The molecule has 1 aliphatic rings. The molecule has 0 saturated carbocycles. The fourth-order valence-electron chi connectivity index (χ4n) is 3.40. The van der Waals surface area contributed by atoms with Crippen LogP contribution in [0.2, 0.25) is 0 Å². The van der Waals surface area contributed by atoms with Gasteiger partial charge in [0.05, 0.1) is 6.61 Å². The van der Waals surface area contributed by atoms with Crippen molar-refractivity contribution in [2.45, 2.75) is 26.3 Å². The van der Waals surface area contributed by atoms with Crippen molar-refractivity contribution >= 4 is 5.91 Å². The van der Waals surface area contributed by atoms with Crippen molar-refractivity contribution in [2.24, 2.45) is 5.92 Å². The number of amides is 1. The number of rotatable bonds is 7. The lowest BCUT2D eigenvalue weighted by atomic mass is 9.96. The average molecular weight is 352 g/mol. The Morgan fingerprint density at radius 1 is 1.08 bits per heavy atom. The number of carbonyl (C=O) groups is 1. The number of nitrogens with zero attached hydrogens (tertiary/aromatic N) is 1. The Hall–Kier alpha value is -2.33. The van der Waals surface area contributed by atoms with Crippen LogP contribution in [0.5, 0.6) is 5.75 Å². The highest BCUT2D eigenvalue weighted by molar-refractivity contribution is 5.94. The van der Waals surface area contributed by atoms with Gasteiger partial charge in [-0.05, 0) is 68.6 Å². The van der Waals surface area contributed by atoms with Gasteiger partial charge in [0.2, 0.25) is 0 Å². The second-order valence-corrected chi connectivity index (χ2v) is 6.87. The highest BCUT2D eigenvalue weighted by Crippen LogP contribution is 2.19. The van der Waals surface area contributed by atoms with Gasteiger partial charge in [0.1, 0.15) is 5.75 Å². The summed E-state index contributed by atoms with van der Waals surface area (Å²) in [4.78, 5) is 14.8. The molecule has 4 heteroatoms. The van der Waals surface area contributed by atoms with Crippen LogP contribution in [0.15, 0.2) is 54.6 Å². The monoisotopic (exact) mass is 352 g/mol. The summed E-state index contributed by atoms with van der Waals surface area (Å²) in [5.74, 6) is 1.36. The molecule has 1 heterocycles. The van der Waals surface area contributed by atoms with Gasteiger partial charge in [0, 0.05) is 18.7 Å². The zero-order valence-electron chi connectivity index (χ0n) is 15.5. The summed E-state index contributed by atoms with van der Waals surface area (Å²) in [7, 11) is 0. The second-order valence-electron chi connectivity index (χ2n) is 6.87. The summed E-state index contributed by atoms with van der Waals surface area (Å²) < 4.78 is 5.41. The molecular formula is C22H28N2O2. The Balaban J connectivity index is 1.40. The molecule has 2 aromatic carbocycles. The molecule has 0 unspecified atom stereocenters. The van der Waals surface area contributed by atoms with Gasteiger partial charge in [-0.3, -0.25) is 9.69 Å². The van der Waals surface area contributed by atoms with Gasteiger partial charge >= 0.3 is 0 Å². The summed E-state index contributed by atoms with van der Waals surface area (Å²) in [6.45, 7) is 6.55. The van der Waals surface area contributed by atoms with Gasteiger partial charge < -0.3 is 10.1 Å². The van der Waals surface area contributed by atoms with Crippen LogP contribution in [-0.4, -0.2) is 37.0 Å². The van der Waals surface area contributed by atoms with Gasteiger partial charge in [0.25, 0.3) is 5.91 Å². The summed E-state index contributed by atoms with van der Waals surface area (Å²) in [5, 5.41) is 3.09. The average Bonchev–Trinajstić information content (AvgIpc) is 2.69. The van der Waals surface area contributed by atoms with Gasteiger partial charge in [-0.1, -0.05) is 30.3 Å². The van der Waals surface area contributed by atoms with E-state index >= 15 is 0 Å². The Kier molecular flexibility index (Phi) is 6.67. The maximum absolute atomic E-state index is 12.3. The van der Waals surface area contributed by atoms with E-state index in [0.717, 1.165) is 44.8 Å². The normalized spacial score (nSPS) is 15.6. The number of hydrogen-bond acceptors (Lipinski definition) is 3. The Morgan fingerprint density at radius 2 is 1.77 bits per heavy atom. The molecule has 1 fully saturated rings. The molecule has 1 amide bonds. The number of likely N-dealkylation sites (tertiary alicyclic amines) is 1. The van der Waals surface area contributed by atoms with E-state index in [1.54, 1.807) is 0 Å².